The molecule has 6 nitrogen and oxygen atoms in total. The fraction of sp³-hybridized carbons (Fsp3) is 0.438. The third-order valence-electron chi connectivity index (χ3n) is 3.78. The molecule has 0 aromatic heterocycles. The van der Waals surface area contributed by atoms with E-state index >= 15 is 0 Å². The molecule has 1 aliphatic rings. The zero-order valence-electron chi connectivity index (χ0n) is 13.7. The van der Waals surface area contributed by atoms with Gasteiger partial charge in [0.1, 0.15) is 6.23 Å². The average molecular weight is 338 g/mol. The lowest BCUT2D eigenvalue weighted by Crippen LogP contribution is -2.43. The molecule has 2 rings (SSSR count). The molecule has 0 saturated heterocycles. The lowest BCUT2D eigenvalue weighted by atomic mass is 10.1. The van der Waals surface area contributed by atoms with Crippen LogP contribution in [0.25, 0.3) is 0 Å². The van der Waals surface area contributed by atoms with Crippen LogP contribution in [0, 0.1) is 12.8 Å². The van der Waals surface area contributed by atoms with Gasteiger partial charge in [-0.1, -0.05) is 24.6 Å². The van der Waals surface area contributed by atoms with Crippen LogP contribution in [0.1, 0.15) is 26.3 Å². The average Bonchev–Trinajstić information content (AvgIpc) is 2.56. The molecule has 0 bridgehead atoms. The van der Waals surface area contributed by atoms with Gasteiger partial charge in [0.2, 0.25) is 9.84 Å². The molecule has 2 amide bonds. The van der Waals surface area contributed by atoms with Gasteiger partial charge in [0.15, 0.2) is 0 Å². The number of hydrogen-bond donors (Lipinski definition) is 2. The Morgan fingerprint density at radius 1 is 1.17 bits per heavy atom. The predicted molar refractivity (Wildman–Crippen MR) is 87.3 cm³/mol. The van der Waals surface area contributed by atoms with Gasteiger partial charge in [0.25, 0.3) is 0 Å². The minimum atomic E-state index is -3.73. The molecule has 7 heteroatoms. The number of urea groups is 1. The first-order chi connectivity index (χ1) is 10.8. The Morgan fingerprint density at radius 2 is 1.78 bits per heavy atom. The van der Waals surface area contributed by atoms with Crippen LogP contribution in [0.3, 0.4) is 0 Å². The number of benzene rings is 1. The van der Waals surface area contributed by atoms with Gasteiger partial charge in [0, 0.05) is 18.2 Å². The first-order valence-electron chi connectivity index (χ1n) is 7.49. The normalized spacial score (nSPS) is 22.3. The standard InChI is InChI=1S/C16H22N2O4S/c1-5-22-15-11(3)14(12(4)17-16(19)18-15)23(20,21)13-8-6-10(2)7-9-13/h6-9,11,15H,5H2,1-4H3,(H2,17,18,19)/t11-,15-/m1/s1. The van der Waals surface area contributed by atoms with Crippen molar-refractivity contribution >= 4 is 15.9 Å². The SMILES string of the molecule is CCO[C@H]1NC(=O)NC(C)=C(S(=O)(=O)c2ccc(C)cc2)[C@H]1C. The zero-order valence-corrected chi connectivity index (χ0v) is 14.5. The molecule has 1 aliphatic heterocycles. The molecule has 23 heavy (non-hydrogen) atoms. The molecule has 0 fully saturated rings. The number of sulfone groups is 1. The number of carbonyl (C=O) groups excluding carboxylic acids is 1. The van der Waals surface area contributed by atoms with Crippen molar-refractivity contribution in [2.45, 2.75) is 38.8 Å². The van der Waals surface area contributed by atoms with Crippen LogP contribution >= 0.6 is 0 Å². The van der Waals surface area contributed by atoms with Gasteiger partial charge < -0.3 is 15.4 Å². The number of aryl methyl sites for hydroxylation is 1. The van der Waals surface area contributed by atoms with Gasteiger partial charge in [-0.25, -0.2) is 13.2 Å². The fourth-order valence-corrected chi connectivity index (χ4v) is 4.47. The highest BCUT2D eigenvalue weighted by Crippen LogP contribution is 2.31. The van der Waals surface area contributed by atoms with E-state index in [1.165, 1.54) is 0 Å². The summed E-state index contributed by atoms with van der Waals surface area (Å²) in [7, 11) is -3.73. The molecule has 0 radical (unpaired) electrons. The molecular formula is C16H22N2O4S. The lowest BCUT2D eigenvalue weighted by Gasteiger charge is -2.24. The summed E-state index contributed by atoms with van der Waals surface area (Å²) in [5.41, 5.74) is 1.29. The molecule has 0 spiro atoms. The quantitative estimate of drug-likeness (QED) is 0.882. The number of allylic oxidation sites excluding steroid dienone is 1. The van der Waals surface area contributed by atoms with E-state index in [1.54, 1.807) is 45.0 Å². The summed E-state index contributed by atoms with van der Waals surface area (Å²) < 4.78 is 31.6. The Bertz CT molecular complexity index is 723. The maximum Gasteiger partial charge on any atom is 0.321 e. The van der Waals surface area contributed by atoms with E-state index in [0.717, 1.165) is 5.56 Å². The molecule has 0 saturated carbocycles. The first kappa shape index (κ1) is 17.5. The van der Waals surface area contributed by atoms with Crippen molar-refractivity contribution < 1.29 is 17.9 Å². The van der Waals surface area contributed by atoms with E-state index in [2.05, 4.69) is 10.6 Å². The summed E-state index contributed by atoms with van der Waals surface area (Å²) in [6, 6.07) is 6.19. The van der Waals surface area contributed by atoms with E-state index < -0.39 is 28.0 Å². The van der Waals surface area contributed by atoms with Gasteiger partial charge in [0.05, 0.1) is 9.80 Å². The van der Waals surface area contributed by atoms with Gasteiger partial charge in [-0.3, -0.25) is 0 Å². The first-order valence-corrected chi connectivity index (χ1v) is 8.97. The van der Waals surface area contributed by atoms with Gasteiger partial charge in [-0.15, -0.1) is 0 Å². The molecule has 2 N–H and O–H groups in total. The topological polar surface area (TPSA) is 84.5 Å². The van der Waals surface area contributed by atoms with E-state index in [-0.39, 0.29) is 9.80 Å². The van der Waals surface area contributed by atoms with E-state index in [1.807, 2.05) is 6.92 Å². The molecule has 2 atom stereocenters. The zero-order chi connectivity index (χ0) is 17.2. The molecule has 0 unspecified atom stereocenters. The van der Waals surface area contributed by atoms with Crippen molar-refractivity contribution in [3.63, 3.8) is 0 Å². The Hall–Kier alpha value is -1.86. The van der Waals surface area contributed by atoms with Crippen LogP contribution in [0.2, 0.25) is 0 Å². The van der Waals surface area contributed by atoms with Crippen molar-refractivity contribution in [1.82, 2.24) is 10.6 Å². The van der Waals surface area contributed by atoms with Crippen molar-refractivity contribution in [2.24, 2.45) is 5.92 Å². The Labute approximate surface area is 136 Å². The number of amides is 2. The van der Waals surface area contributed by atoms with Gasteiger partial charge in [-0.2, -0.15) is 0 Å². The van der Waals surface area contributed by atoms with Crippen LogP contribution < -0.4 is 10.6 Å². The number of nitrogens with one attached hydrogen (secondary N) is 2. The van der Waals surface area contributed by atoms with Crippen LogP contribution in [-0.4, -0.2) is 27.3 Å². The minimum absolute atomic E-state index is 0.165. The van der Waals surface area contributed by atoms with E-state index in [9.17, 15) is 13.2 Å². The second-order valence-corrected chi connectivity index (χ2v) is 7.49. The maximum atomic E-state index is 13.0. The van der Waals surface area contributed by atoms with Crippen LogP contribution in [-0.2, 0) is 14.6 Å². The Kier molecular flexibility index (Phi) is 5.11. The monoisotopic (exact) mass is 338 g/mol. The van der Waals surface area contributed by atoms with Crippen molar-refractivity contribution in [3.05, 3.63) is 40.4 Å². The summed E-state index contributed by atoms with van der Waals surface area (Å²) in [4.78, 5) is 12.2. The van der Waals surface area contributed by atoms with Crippen LogP contribution in [0.5, 0.6) is 0 Å². The van der Waals surface area contributed by atoms with Crippen molar-refractivity contribution in [2.75, 3.05) is 6.61 Å². The Morgan fingerprint density at radius 3 is 2.35 bits per heavy atom. The van der Waals surface area contributed by atoms with Crippen molar-refractivity contribution in [1.29, 1.82) is 0 Å². The van der Waals surface area contributed by atoms with Crippen LogP contribution in [0.15, 0.2) is 39.8 Å². The summed E-state index contributed by atoms with van der Waals surface area (Å²) in [6.07, 6.45) is -0.701. The van der Waals surface area contributed by atoms with Gasteiger partial charge in [-0.05, 0) is 32.9 Å². The van der Waals surface area contributed by atoms with Crippen molar-refractivity contribution in [3.8, 4) is 0 Å². The number of rotatable bonds is 4. The fourth-order valence-electron chi connectivity index (χ4n) is 2.66. The third-order valence-corrected chi connectivity index (χ3v) is 5.93. The third kappa shape index (κ3) is 3.56. The molecule has 1 aromatic rings. The minimum Gasteiger partial charge on any atom is -0.358 e. The highest BCUT2D eigenvalue weighted by molar-refractivity contribution is 7.95. The maximum absolute atomic E-state index is 13.0. The predicted octanol–water partition coefficient (Wildman–Crippen LogP) is 2.31. The molecule has 126 valence electrons. The van der Waals surface area contributed by atoms with E-state index in [4.69, 9.17) is 4.74 Å². The second kappa shape index (κ2) is 6.72. The molecular weight excluding hydrogens is 316 g/mol. The number of hydrogen-bond acceptors (Lipinski definition) is 4. The lowest BCUT2D eigenvalue weighted by molar-refractivity contribution is 0.0226. The molecule has 0 aliphatic carbocycles. The summed E-state index contributed by atoms with van der Waals surface area (Å²) in [5, 5.41) is 5.21. The molecule has 1 heterocycles. The summed E-state index contributed by atoms with van der Waals surface area (Å²) in [5.74, 6) is -0.514. The van der Waals surface area contributed by atoms with Gasteiger partial charge >= 0.3 is 6.03 Å². The van der Waals surface area contributed by atoms with E-state index in [0.29, 0.717) is 12.3 Å². The number of ether oxygens (including phenoxy) is 1. The number of carbonyl (C=O) groups is 1. The highest BCUT2D eigenvalue weighted by atomic mass is 32.2. The Balaban J connectivity index is 2.53. The summed E-state index contributed by atoms with van der Waals surface area (Å²) in [6.45, 7) is 7.38. The smallest absolute Gasteiger partial charge is 0.321 e. The second-order valence-electron chi connectivity index (χ2n) is 5.57. The largest absolute Gasteiger partial charge is 0.358 e. The highest BCUT2D eigenvalue weighted by Gasteiger charge is 2.36. The summed E-state index contributed by atoms with van der Waals surface area (Å²) >= 11 is 0. The van der Waals surface area contributed by atoms with Crippen LogP contribution in [0.4, 0.5) is 4.79 Å². The molecule has 1 aromatic carbocycles.